The smallest absolute Gasteiger partial charge is 0.192 e. The monoisotopic (exact) mass is 317 g/mol. The summed E-state index contributed by atoms with van der Waals surface area (Å²) in [6.07, 6.45) is 7.60. The summed E-state index contributed by atoms with van der Waals surface area (Å²) in [6.45, 7) is 5.55. The van der Waals surface area contributed by atoms with Crippen molar-refractivity contribution in [2.45, 2.75) is 32.7 Å². The van der Waals surface area contributed by atoms with Crippen LogP contribution in [0.3, 0.4) is 0 Å². The van der Waals surface area contributed by atoms with Crippen LogP contribution in [-0.2, 0) is 0 Å². The van der Waals surface area contributed by atoms with E-state index in [1.807, 2.05) is 19.9 Å². The molecule has 0 amide bonds. The van der Waals surface area contributed by atoms with Gasteiger partial charge in [-0.1, -0.05) is 12.0 Å². The number of hydrogen-bond donors (Lipinski definition) is 2. The van der Waals surface area contributed by atoms with Gasteiger partial charge in [0.15, 0.2) is 17.5 Å². The third-order valence-electron chi connectivity index (χ3n) is 3.65. The van der Waals surface area contributed by atoms with Crippen LogP contribution in [0, 0.1) is 24.1 Å². The molecule has 1 unspecified atom stereocenters. The maximum atomic E-state index is 14.1. The van der Waals surface area contributed by atoms with Crippen molar-refractivity contribution in [1.29, 1.82) is 0 Å². The first-order valence-corrected chi connectivity index (χ1v) is 8.04. The van der Waals surface area contributed by atoms with Gasteiger partial charge < -0.3 is 15.4 Å². The SMILES string of the molecule is C#CCN=C(NCC)NC(C)c1ccc(OCC2CC2)c(F)c1. The van der Waals surface area contributed by atoms with Gasteiger partial charge in [-0.3, -0.25) is 0 Å². The lowest BCUT2D eigenvalue weighted by Crippen LogP contribution is -2.38. The fourth-order valence-electron chi connectivity index (χ4n) is 2.13. The lowest BCUT2D eigenvalue weighted by atomic mass is 10.1. The minimum atomic E-state index is -0.331. The molecule has 1 aromatic rings. The minimum Gasteiger partial charge on any atom is -0.490 e. The van der Waals surface area contributed by atoms with Crippen molar-refractivity contribution in [2.75, 3.05) is 19.7 Å². The number of hydrogen-bond acceptors (Lipinski definition) is 2. The highest BCUT2D eigenvalue weighted by atomic mass is 19.1. The second kappa shape index (κ2) is 8.42. The minimum absolute atomic E-state index is 0.0995. The molecule has 0 aliphatic heterocycles. The molecule has 124 valence electrons. The Kier molecular flexibility index (Phi) is 6.28. The summed E-state index contributed by atoms with van der Waals surface area (Å²) in [5.74, 6) is 3.68. The first-order chi connectivity index (χ1) is 11.1. The summed E-state index contributed by atoms with van der Waals surface area (Å²) in [7, 11) is 0. The molecule has 23 heavy (non-hydrogen) atoms. The number of ether oxygens (including phenoxy) is 1. The predicted molar refractivity (Wildman–Crippen MR) is 91.0 cm³/mol. The Morgan fingerprint density at radius 3 is 2.91 bits per heavy atom. The highest BCUT2D eigenvalue weighted by Gasteiger charge is 2.22. The molecule has 1 atom stereocenters. The van der Waals surface area contributed by atoms with Crippen LogP contribution >= 0.6 is 0 Å². The van der Waals surface area contributed by atoms with E-state index in [2.05, 4.69) is 21.5 Å². The molecule has 1 aliphatic carbocycles. The van der Waals surface area contributed by atoms with Crippen LogP contribution in [0.4, 0.5) is 4.39 Å². The molecule has 0 aromatic heterocycles. The van der Waals surface area contributed by atoms with E-state index in [1.165, 1.54) is 18.9 Å². The van der Waals surface area contributed by atoms with Crippen molar-refractivity contribution in [3.63, 3.8) is 0 Å². The zero-order valence-electron chi connectivity index (χ0n) is 13.7. The number of guanidine groups is 1. The third kappa shape index (κ3) is 5.48. The second-order valence-corrected chi connectivity index (χ2v) is 5.71. The Hall–Kier alpha value is -2.22. The molecule has 1 aromatic carbocycles. The zero-order valence-corrected chi connectivity index (χ0v) is 13.7. The van der Waals surface area contributed by atoms with Crippen LogP contribution in [0.25, 0.3) is 0 Å². The van der Waals surface area contributed by atoms with Crippen LogP contribution in [-0.4, -0.2) is 25.7 Å². The largest absolute Gasteiger partial charge is 0.490 e. The van der Waals surface area contributed by atoms with Gasteiger partial charge in [0.05, 0.1) is 12.6 Å². The summed E-state index contributed by atoms with van der Waals surface area (Å²) < 4.78 is 19.7. The van der Waals surface area contributed by atoms with Crippen LogP contribution in [0.1, 0.15) is 38.3 Å². The number of nitrogens with zero attached hydrogens (tertiary/aromatic N) is 1. The van der Waals surface area contributed by atoms with Crippen molar-refractivity contribution < 1.29 is 9.13 Å². The van der Waals surface area contributed by atoms with Crippen molar-refractivity contribution in [2.24, 2.45) is 10.9 Å². The average Bonchev–Trinajstić information content (AvgIpc) is 3.35. The summed E-state index contributed by atoms with van der Waals surface area (Å²) in [5.41, 5.74) is 0.826. The Labute approximate surface area is 137 Å². The summed E-state index contributed by atoms with van der Waals surface area (Å²) in [6, 6.07) is 4.97. The lowest BCUT2D eigenvalue weighted by molar-refractivity contribution is 0.285. The van der Waals surface area contributed by atoms with Gasteiger partial charge in [-0.15, -0.1) is 6.42 Å². The first kappa shape index (κ1) is 17.1. The number of terminal acetylenes is 1. The molecule has 1 aliphatic rings. The predicted octanol–water partition coefficient (Wildman–Crippen LogP) is 2.86. The fraction of sp³-hybridized carbons (Fsp3) is 0.500. The van der Waals surface area contributed by atoms with E-state index in [0.29, 0.717) is 30.8 Å². The average molecular weight is 317 g/mol. The van der Waals surface area contributed by atoms with Gasteiger partial charge in [-0.25, -0.2) is 9.38 Å². The maximum absolute atomic E-state index is 14.1. The summed E-state index contributed by atoms with van der Waals surface area (Å²) in [5, 5.41) is 6.32. The Balaban J connectivity index is 1.98. The Morgan fingerprint density at radius 1 is 1.52 bits per heavy atom. The second-order valence-electron chi connectivity index (χ2n) is 5.71. The van der Waals surface area contributed by atoms with Gasteiger partial charge in [-0.05, 0) is 50.3 Å². The van der Waals surface area contributed by atoms with Gasteiger partial charge in [0, 0.05) is 6.54 Å². The lowest BCUT2D eigenvalue weighted by Gasteiger charge is -2.18. The normalized spacial score (nSPS) is 15.7. The van der Waals surface area contributed by atoms with Gasteiger partial charge in [-0.2, -0.15) is 0 Å². The summed E-state index contributed by atoms with van der Waals surface area (Å²) in [4.78, 5) is 4.23. The van der Waals surface area contributed by atoms with E-state index in [1.54, 1.807) is 6.07 Å². The number of aliphatic imine (C=N–C) groups is 1. The van der Waals surface area contributed by atoms with Crippen molar-refractivity contribution >= 4 is 5.96 Å². The molecule has 4 nitrogen and oxygen atoms in total. The zero-order chi connectivity index (χ0) is 16.7. The molecular weight excluding hydrogens is 293 g/mol. The van der Waals surface area contributed by atoms with E-state index < -0.39 is 0 Å². The molecule has 0 radical (unpaired) electrons. The van der Waals surface area contributed by atoms with Gasteiger partial charge in [0.2, 0.25) is 0 Å². The van der Waals surface area contributed by atoms with Gasteiger partial charge in [0.25, 0.3) is 0 Å². The first-order valence-electron chi connectivity index (χ1n) is 8.04. The topological polar surface area (TPSA) is 45.7 Å². The molecule has 0 heterocycles. The molecule has 5 heteroatoms. The highest BCUT2D eigenvalue weighted by Crippen LogP contribution is 2.30. The summed E-state index contributed by atoms with van der Waals surface area (Å²) >= 11 is 0. The van der Waals surface area contributed by atoms with Crippen LogP contribution < -0.4 is 15.4 Å². The van der Waals surface area contributed by atoms with Crippen molar-refractivity contribution in [1.82, 2.24) is 10.6 Å². The Morgan fingerprint density at radius 2 is 2.30 bits per heavy atom. The van der Waals surface area contributed by atoms with Crippen LogP contribution in [0.2, 0.25) is 0 Å². The molecule has 2 rings (SSSR count). The van der Waals surface area contributed by atoms with E-state index in [9.17, 15) is 4.39 Å². The standard InChI is InChI=1S/C18H24FN3O/c1-4-10-21-18(20-5-2)22-13(3)15-8-9-17(16(19)11-15)23-12-14-6-7-14/h1,8-9,11,13-14H,5-7,10,12H2,2-3H3,(H2,20,21,22). The molecular formula is C18H24FN3O. The molecule has 1 saturated carbocycles. The number of rotatable bonds is 7. The third-order valence-corrected chi connectivity index (χ3v) is 3.65. The van der Waals surface area contributed by atoms with E-state index in [4.69, 9.17) is 11.2 Å². The highest BCUT2D eigenvalue weighted by molar-refractivity contribution is 5.80. The van der Waals surface area contributed by atoms with Crippen molar-refractivity contribution in [3.05, 3.63) is 29.6 Å². The molecule has 2 N–H and O–H groups in total. The molecule has 1 fully saturated rings. The maximum Gasteiger partial charge on any atom is 0.192 e. The van der Waals surface area contributed by atoms with Crippen LogP contribution in [0.5, 0.6) is 5.75 Å². The Bertz CT molecular complexity index is 590. The number of benzene rings is 1. The molecule has 0 bridgehead atoms. The van der Waals surface area contributed by atoms with Crippen LogP contribution in [0.15, 0.2) is 23.2 Å². The van der Waals surface area contributed by atoms with Crippen molar-refractivity contribution in [3.8, 4) is 18.1 Å². The molecule has 0 spiro atoms. The molecule has 0 saturated heterocycles. The van der Waals surface area contributed by atoms with Gasteiger partial charge in [0.1, 0.15) is 6.54 Å². The van der Waals surface area contributed by atoms with E-state index in [-0.39, 0.29) is 11.9 Å². The fourth-order valence-corrected chi connectivity index (χ4v) is 2.13. The number of halogens is 1. The van der Waals surface area contributed by atoms with E-state index >= 15 is 0 Å². The van der Waals surface area contributed by atoms with Gasteiger partial charge >= 0.3 is 0 Å². The number of nitrogens with one attached hydrogen (secondary N) is 2. The van der Waals surface area contributed by atoms with E-state index in [0.717, 1.165) is 12.1 Å². The quantitative estimate of drug-likeness (QED) is 0.462.